The average Bonchev–Trinajstić information content (AvgIpc) is 2.92. The number of carbonyl (C=O) groups excluding carboxylic acids is 3. The van der Waals surface area contributed by atoms with Crippen LogP contribution in [0.4, 0.5) is 5.69 Å². The van der Waals surface area contributed by atoms with E-state index in [4.69, 9.17) is 4.74 Å². The van der Waals surface area contributed by atoms with Crippen molar-refractivity contribution in [1.29, 1.82) is 0 Å². The Hall–Kier alpha value is -2.95. The van der Waals surface area contributed by atoms with Crippen LogP contribution in [0.25, 0.3) is 0 Å². The van der Waals surface area contributed by atoms with Gasteiger partial charge in [-0.1, -0.05) is 30.7 Å². The SMILES string of the molecule is Cc1ccc(C(=O)Oc2cccc(N3C(=O)[C@H]4CC[C@H](C)C[C@@H]4C3=O)c2)cc1. The highest BCUT2D eigenvalue weighted by Crippen LogP contribution is 2.42. The van der Waals surface area contributed by atoms with Crippen LogP contribution in [0.15, 0.2) is 48.5 Å². The molecule has 1 saturated heterocycles. The molecule has 0 spiro atoms. The fourth-order valence-corrected chi connectivity index (χ4v) is 4.19. The van der Waals surface area contributed by atoms with Crippen LogP contribution >= 0.6 is 0 Å². The summed E-state index contributed by atoms with van der Waals surface area (Å²) in [5.41, 5.74) is 1.97. The molecule has 4 rings (SSSR count). The van der Waals surface area contributed by atoms with Crippen molar-refractivity contribution >= 4 is 23.5 Å². The van der Waals surface area contributed by atoms with Gasteiger partial charge in [0.25, 0.3) is 0 Å². The maximum absolute atomic E-state index is 12.9. The lowest BCUT2D eigenvalue weighted by atomic mass is 9.76. The van der Waals surface area contributed by atoms with Gasteiger partial charge in [-0.2, -0.15) is 0 Å². The van der Waals surface area contributed by atoms with E-state index >= 15 is 0 Å². The minimum atomic E-state index is -0.473. The minimum Gasteiger partial charge on any atom is -0.423 e. The number of benzene rings is 2. The summed E-state index contributed by atoms with van der Waals surface area (Å²) in [6.45, 7) is 4.07. The van der Waals surface area contributed by atoms with Crippen molar-refractivity contribution in [2.75, 3.05) is 4.90 Å². The van der Waals surface area contributed by atoms with Crippen LogP contribution < -0.4 is 9.64 Å². The maximum atomic E-state index is 12.9. The molecule has 2 amide bonds. The molecule has 5 heteroatoms. The zero-order chi connectivity index (χ0) is 19.8. The van der Waals surface area contributed by atoms with Gasteiger partial charge in [0.05, 0.1) is 23.1 Å². The normalized spacial score (nSPS) is 24.2. The van der Waals surface area contributed by atoms with Crippen LogP contribution in [0.2, 0.25) is 0 Å². The van der Waals surface area contributed by atoms with Gasteiger partial charge in [0.1, 0.15) is 5.75 Å². The Labute approximate surface area is 164 Å². The van der Waals surface area contributed by atoms with E-state index in [0.29, 0.717) is 22.9 Å². The minimum absolute atomic E-state index is 0.135. The molecule has 144 valence electrons. The topological polar surface area (TPSA) is 63.7 Å². The molecule has 3 atom stereocenters. The molecule has 1 aliphatic heterocycles. The Morgan fingerprint density at radius 1 is 1.00 bits per heavy atom. The molecule has 1 saturated carbocycles. The third kappa shape index (κ3) is 3.33. The Bertz CT molecular complexity index is 934. The van der Waals surface area contributed by atoms with Crippen LogP contribution in [0.3, 0.4) is 0 Å². The smallest absolute Gasteiger partial charge is 0.343 e. The van der Waals surface area contributed by atoms with Crippen molar-refractivity contribution in [3.8, 4) is 5.75 Å². The number of fused-ring (bicyclic) bond motifs is 1. The van der Waals surface area contributed by atoms with Gasteiger partial charge in [-0.15, -0.1) is 0 Å². The van der Waals surface area contributed by atoms with E-state index in [1.54, 1.807) is 36.4 Å². The molecule has 0 aromatic heterocycles. The van der Waals surface area contributed by atoms with Gasteiger partial charge in [-0.3, -0.25) is 9.59 Å². The third-order valence-corrected chi connectivity index (χ3v) is 5.76. The summed E-state index contributed by atoms with van der Waals surface area (Å²) in [5.74, 6) is -0.421. The summed E-state index contributed by atoms with van der Waals surface area (Å²) in [6, 6.07) is 13.7. The second kappa shape index (κ2) is 7.23. The van der Waals surface area contributed by atoms with Crippen molar-refractivity contribution in [3.63, 3.8) is 0 Å². The largest absolute Gasteiger partial charge is 0.423 e. The standard InChI is InChI=1S/C23H23NO4/c1-14-6-9-16(10-7-14)23(27)28-18-5-3-4-17(13-18)24-21(25)19-11-8-15(2)12-20(19)22(24)26/h3-7,9-10,13,15,19-20H,8,11-12H2,1-2H3/t15-,19-,20-/m0/s1. The molecular weight excluding hydrogens is 354 g/mol. The molecule has 1 aliphatic carbocycles. The number of hydrogen-bond acceptors (Lipinski definition) is 4. The average molecular weight is 377 g/mol. The van der Waals surface area contributed by atoms with Crippen molar-refractivity contribution < 1.29 is 19.1 Å². The lowest BCUT2D eigenvalue weighted by molar-refractivity contribution is -0.122. The van der Waals surface area contributed by atoms with Gasteiger partial charge in [0, 0.05) is 6.07 Å². The highest BCUT2D eigenvalue weighted by Gasteiger charge is 2.50. The zero-order valence-corrected chi connectivity index (χ0v) is 16.1. The number of esters is 1. The molecule has 0 N–H and O–H groups in total. The third-order valence-electron chi connectivity index (χ3n) is 5.76. The number of amides is 2. The maximum Gasteiger partial charge on any atom is 0.343 e. The van der Waals surface area contributed by atoms with Crippen LogP contribution in [-0.2, 0) is 9.59 Å². The first kappa shape index (κ1) is 18.4. The van der Waals surface area contributed by atoms with Crippen LogP contribution in [0.1, 0.15) is 42.1 Å². The molecule has 2 aliphatic rings. The number of aryl methyl sites for hydroxylation is 1. The number of imide groups is 1. The van der Waals surface area contributed by atoms with E-state index in [1.165, 1.54) is 4.90 Å². The monoisotopic (exact) mass is 377 g/mol. The molecule has 0 radical (unpaired) electrons. The van der Waals surface area contributed by atoms with Gasteiger partial charge in [-0.25, -0.2) is 9.69 Å². The van der Waals surface area contributed by atoms with Crippen LogP contribution in [0, 0.1) is 24.7 Å². The Balaban J connectivity index is 1.55. The lowest BCUT2D eigenvalue weighted by Gasteiger charge is -2.25. The van der Waals surface area contributed by atoms with E-state index in [-0.39, 0.29) is 23.7 Å². The number of carbonyl (C=O) groups is 3. The van der Waals surface area contributed by atoms with E-state index in [9.17, 15) is 14.4 Å². The fraction of sp³-hybridized carbons (Fsp3) is 0.348. The summed E-state index contributed by atoms with van der Waals surface area (Å²) in [4.78, 5) is 39.4. The highest BCUT2D eigenvalue weighted by molar-refractivity contribution is 6.22. The fourth-order valence-electron chi connectivity index (χ4n) is 4.19. The predicted molar refractivity (Wildman–Crippen MR) is 105 cm³/mol. The van der Waals surface area contributed by atoms with Gasteiger partial charge in [-0.05, 0) is 56.4 Å². The number of hydrogen-bond donors (Lipinski definition) is 0. The first-order valence-electron chi connectivity index (χ1n) is 9.71. The van der Waals surface area contributed by atoms with Gasteiger partial charge in [0.2, 0.25) is 11.8 Å². The van der Waals surface area contributed by atoms with Crippen LogP contribution in [-0.4, -0.2) is 17.8 Å². The van der Waals surface area contributed by atoms with Gasteiger partial charge >= 0.3 is 5.97 Å². The molecule has 28 heavy (non-hydrogen) atoms. The predicted octanol–water partition coefficient (Wildman–Crippen LogP) is 4.14. The van der Waals surface area contributed by atoms with E-state index in [2.05, 4.69) is 6.92 Å². The Kier molecular flexibility index (Phi) is 4.75. The highest BCUT2D eigenvalue weighted by atomic mass is 16.5. The number of anilines is 1. The quantitative estimate of drug-likeness (QED) is 0.458. The summed E-state index contributed by atoms with van der Waals surface area (Å²) < 4.78 is 5.46. The molecule has 2 aromatic rings. The summed E-state index contributed by atoms with van der Waals surface area (Å²) in [5, 5.41) is 0. The summed E-state index contributed by atoms with van der Waals surface area (Å²) in [6.07, 6.45) is 2.49. The first-order valence-corrected chi connectivity index (χ1v) is 9.71. The molecular formula is C23H23NO4. The molecule has 0 bridgehead atoms. The zero-order valence-electron chi connectivity index (χ0n) is 16.1. The molecule has 1 heterocycles. The second-order valence-electron chi connectivity index (χ2n) is 7.90. The van der Waals surface area contributed by atoms with Gasteiger partial charge < -0.3 is 4.74 Å². The van der Waals surface area contributed by atoms with Crippen molar-refractivity contribution in [3.05, 3.63) is 59.7 Å². The number of ether oxygens (including phenoxy) is 1. The molecule has 5 nitrogen and oxygen atoms in total. The van der Waals surface area contributed by atoms with E-state index in [1.807, 2.05) is 19.1 Å². The van der Waals surface area contributed by atoms with E-state index < -0.39 is 5.97 Å². The summed E-state index contributed by atoms with van der Waals surface area (Å²) >= 11 is 0. The number of nitrogens with zero attached hydrogens (tertiary/aromatic N) is 1. The van der Waals surface area contributed by atoms with Crippen molar-refractivity contribution in [1.82, 2.24) is 0 Å². The molecule has 2 aromatic carbocycles. The molecule has 0 unspecified atom stereocenters. The second-order valence-corrected chi connectivity index (χ2v) is 7.90. The lowest BCUT2D eigenvalue weighted by Crippen LogP contribution is -2.30. The molecule has 2 fully saturated rings. The Morgan fingerprint density at radius 3 is 2.46 bits per heavy atom. The number of rotatable bonds is 3. The van der Waals surface area contributed by atoms with Crippen molar-refractivity contribution in [2.24, 2.45) is 17.8 Å². The van der Waals surface area contributed by atoms with Gasteiger partial charge in [0.15, 0.2) is 0 Å². The van der Waals surface area contributed by atoms with E-state index in [0.717, 1.165) is 24.8 Å². The summed E-state index contributed by atoms with van der Waals surface area (Å²) in [7, 11) is 0. The first-order chi connectivity index (χ1) is 13.4. The van der Waals surface area contributed by atoms with Crippen LogP contribution in [0.5, 0.6) is 5.75 Å². The Morgan fingerprint density at radius 2 is 1.71 bits per heavy atom. The van der Waals surface area contributed by atoms with Crippen molar-refractivity contribution in [2.45, 2.75) is 33.1 Å².